The van der Waals surface area contributed by atoms with Gasteiger partial charge in [0.15, 0.2) is 17.4 Å². The Morgan fingerprint density at radius 2 is 1.61 bits per heavy atom. The topological polar surface area (TPSA) is 269 Å². The summed E-state index contributed by atoms with van der Waals surface area (Å²) in [5.41, 5.74) is -2.91. The van der Waals surface area contributed by atoms with Crippen molar-refractivity contribution in [3.05, 3.63) is 163 Å². The third-order valence-electron chi connectivity index (χ3n) is 10.7. The number of carboxylic acid groups (broad SMARTS) is 2. The molecule has 9 heterocycles. The Bertz CT molecular complexity index is 3740. The molecule has 0 aliphatic carbocycles. The van der Waals surface area contributed by atoms with Gasteiger partial charge in [0.1, 0.15) is 16.4 Å². The number of rotatable bonds is 16. The van der Waals surface area contributed by atoms with Crippen LogP contribution in [0.2, 0.25) is 8.67 Å². The van der Waals surface area contributed by atoms with Gasteiger partial charge in [0.25, 0.3) is 17.0 Å². The number of carbonyl (C=O) groups is 5. The normalized spacial score (nSPS) is 11.3. The summed E-state index contributed by atoms with van der Waals surface area (Å²) in [4.78, 5) is 91.9. The standard InChI is InChI=1S/C25H23ClN4O5S3.C22H14ClFN6O5S2/c1-13-9-19(32)29(11-16(31)17-7-8-27-38-17)22(23(33)34)21(13)15-10-20(30(28-15)24(35)25(2,3)4)36-12-14-5-6-18(26)37-14;23-15-2-1-12(37-15)9-25-19-17(24)18(27-30(19)20(31)14-3-6-26-35-14)16-13(22(33)34)4-7-29(21(16)32)10-11-5-8-36-28-11/h5-10H,11-12H2,1-4H3,(H,33,34);1-8,25H,9-10H2,(H,33,34). The van der Waals surface area contributed by atoms with Crippen LogP contribution in [0.4, 0.5) is 10.2 Å². The summed E-state index contributed by atoms with van der Waals surface area (Å²) in [6.45, 7) is 6.52. The largest absolute Gasteiger partial charge is 0.478 e. The van der Waals surface area contributed by atoms with Crippen LogP contribution in [0.5, 0.6) is 0 Å². The van der Waals surface area contributed by atoms with Crippen molar-refractivity contribution in [1.82, 2.24) is 42.6 Å². The van der Waals surface area contributed by atoms with Crippen LogP contribution in [0.25, 0.3) is 22.5 Å². The average Bonchev–Trinajstić information content (AvgIpc) is 4.23. The second kappa shape index (κ2) is 22.7. The van der Waals surface area contributed by atoms with E-state index >= 15 is 4.39 Å². The Labute approximate surface area is 452 Å². The molecule has 0 aliphatic rings. The molecule has 3 N–H and O–H groups in total. The fourth-order valence-corrected chi connectivity index (χ4v) is 11.4. The Hall–Kier alpha value is -7.20. The molecule has 0 atom stereocenters. The first-order valence-electron chi connectivity index (χ1n) is 21.7. The zero-order valence-corrected chi connectivity index (χ0v) is 44.9. The number of nitrogens with one attached hydrogen (secondary N) is 1. The van der Waals surface area contributed by atoms with Crippen LogP contribution in [0.3, 0.4) is 0 Å². The van der Waals surface area contributed by atoms with E-state index in [9.17, 15) is 43.8 Å². The second-order valence-electron chi connectivity index (χ2n) is 16.9. The van der Waals surface area contributed by atoms with Crippen LogP contribution in [-0.4, -0.2) is 82.3 Å². The first kappa shape index (κ1) is 54.1. The van der Waals surface area contributed by atoms with Gasteiger partial charge >= 0.3 is 17.8 Å². The number of ketones is 1. The van der Waals surface area contributed by atoms with E-state index in [0.29, 0.717) is 40.3 Å². The molecule has 0 saturated carbocycles. The molecule has 28 heteroatoms. The lowest BCUT2D eigenvalue weighted by Crippen LogP contribution is -2.30. The van der Waals surface area contributed by atoms with Crippen LogP contribution in [0, 0.1) is 18.2 Å². The fourth-order valence-electron chi connectivity index (χ4n) is 7.18. The molecule has 0 fully saturated rings. The smallest absolute Gasteiger partial charge is 0.353 e. The number of hydrogen-bond acceptors (Lipinski definition) is 19. The van der Waals surface area contributed by atoms with Crippen LogP contribution in [-0.2, 0) is 25.4 Å². The molecule has 0 amide bonds. The van der Waals surface area contributed by atoms with Gasteiger partial charge in [-0.3, -0.25) is 28.5 Å². The second-order valence-corrected chi connectivity index (χ2v) is 23.0. The lowest BCUT2D eigenvalue weighted by molar-refractivity contribution is 0.0677. The highest BCUT2D eigenvalue weighted by atomic mass is 35.5. The number of aromatic carboxylic acids is 2. The summed E-state index contributed by atoms with van der Waals surface area (Å²) in [6.07, 6.45) is 3.97. The van der Waals surface area contributed by atoms with Crippen molar-refractivity contribution in [2.24, 2.45) is 5.41 Å². The number of Topliss-reactive ketones (excluding diaryl/α,β-unsaturated/α-hetero) is 1. The number of halogens is 3. The van der Waals surface area contributed by atoms with Crippen molar-refractivity contribution in [3.63, 3.8) is 0 Å². The number of carbonyl (C=O) groups excluding carboxylic acids is 3. The monoisotopic (exact) mass is 1150 g/mol. The Balaban J connectivity index is 0.000000199. The van der Waals surface area contributed by atoms with Crippen molar-refractivity contribution in [2.45, 2.75) is 58.1 Å². The molecule has 75 heavy (non-hydrogen) atoms. The van der Waals surface area contributed by atoms with Crippen LogP contribution < -0.4 is 16.4 Å². The highest BCUT2D eigenvalue weighted by molar-refractivity contribution is 7.98. The zero-order chi connectivity index (χ0) is 53.9. The SMILES string of the molecule is Cc1cc(=O)n(CC(=O)c2ccns2)c(C(=O)O)c1-c1cc(SCc2ccc(Cl)s2)n(C(=O)C(C)(C)C)n1.O=C(O)c1ccn(Cc2ccsn2)c(=O)c1-c1nn(C(=O)c2ccno2)c(NCc2ccc(Cl)s2)c1F. The summed E-state index contributed by atoms with van der Waals surface area (Å²) < 4.78 is 34.1. The van der Waals surface area contributed by atoms with Gasteiger partial charge in [-0.15, -0.1) is 34.4 Å². The number of carboxylic acids is 2. The molecule has 0 saturated heterocycles. The number of hydrogen-bond donors (Lipinski definition) is 3. The summed E-state index contributed by atoms with van der Waals surface area (Å²) in [5.74, 6) is -5.68. The van der Waals surface area contributed by atoms with Crippen molar-refractivity contribution in [2.75, 3.05) is 5.32 Å². The van der Waals surface area contributed by atoms with E-state index in [-0.39, 0.29) is 41.7 Å². The molecular weight excluding hydrogens is 1110 g/mol. The third kappa shape index (κ3) is 12.0. The molecule has 0 unspecified atom stereocenters. The molecule has 20 nitrogen and oxygen atoms in total. The lowest BCUT2D eigenvalue weighted by atomic mass is 9.96. The van der Waals surface area contributed by atoms with E-state index in [1.807, 2.05) is 6.07 Å². The highest BCUT2D eigenvalue weighted by Gasteiger charge is 2.32. The van der Waals surface area contributed by atoms with Crippen LogP contribution >= 0.6 is 80.7 Å². The number of aromatic nitrogens is 9. The van der Waals surface area contributed by atoms with E-state index in [2.05, 4.69) is 29.4 Å². The molecule has 0 radical (unpaired) electrons. The van der Waals surface area contributed by atoms with Gasteiger partial charge in [0, 0.05) is 56.4 Å². The quantitative estimate of drug-likeness (QED) is 0.0600. The van der Waals surface area contributed by atoms with E-state index in [1.54, 1.807) is 63.4 Å². The zero-order valence-electron chi connectivity index (χ0n) is 39.3. The minimum absolute atomic E-state index is 0.0266. The molecule has 9 rings (SSSR count). The summed E-state index contributed by atoms with van der Waals surface area (Å²) >= 11 is 18.2. The lowest BCUT2D eigenvalue weighted by Gasteiger charge is -2.17. The number of anilines is 1. The molecule has 9 aromatic rings. The Morgan fingerprint density at radius 1 is 0.880 bits per heavy atom. The number of thiophene rings is 2. The van der Waals surface area contributed by atoms with E-state index in [0.717, 1.165) is 25.9 Å². The van der Waals surface area contributed by atoms with Crippen LogP contribution in [0.15, 0.2) is 104 Å². The van der Waals surface area contributed by atoms with Gasteiger partial charge in [-0.05, 0) is 84.1 Å². The molecule has 0 bridgehead atoms. The van der Waals surface area contributed by atoms with Gasteiger partial charge < -0.3 is 24.6 Å². The Kier molecular flexibility index (Phi) is 16.4. The van der Waals surface area contributed by atoms with Gasteiger partial charge in [-0.2, -0.15) is 23.9 Å². The van der Waals surface area contributed by atoms with Crippen molar-refractivity contribution in [3.8, 4) is 22.5 Å². The van der Waals surface area contributed by atoms with Gasteiger partial charge in [0.05, 0.1) is 61.9 Å². The Morgan fingerprint density at radius 3 is 2.21 bits per heavy atom. The fraction of sp³-hybridized carbons (Fsp3) is 0.191. The minimum atomic E-state index is -1.47. The number of aryl methyl sites for hydroxylation is 1. The van der Waals surface area contributed by atoms with Crippen molar-refractivity contribution < 1.29 is 43.1 Å². The van der Waals surface area contributed by atoms with Crippen molar-refractivity contribution >= 4 is 116 Å². The van der Waals surface area contributed by atoms with E-state index < -0.39 is 75.2 Å². The van der Waals surface area contributed by atoms with E-state index in [1.165, 1.54) is 98.1 Å². The van der Waals surface area contributed by atoms with E-state index in [4.69, 9.17) is 27.7 Å². The first-order valence-corrected chi connectivity index (χ1v) is 26.7. The van der Waals surface area contributed by atoms with Crippen LogP contribution in [0.1, 0.15) is 87.7 Å². The number of nitrogens with zero attached hydrogens (tertiary/aromatic N) is 9. The predicted molar refractivity (Wildman–Crippen MR) is 282 cm³/mol. The maximum atomic E-state index is 15.9. The molecule has 386 valence electrons. The highest BCUT2D eigenvalue weighted by Crippen LogP contribution is 2.36. The summed E-state index contributed by atoms with van der Waals surface area (Å²) in [7, 11) is 0. The van der Waals surface area contributed by atoms with Gasteiger partial charge in [-0.1, -0.05) is 49.1 Å². The predicted octanol–water partition coefficient (Wildman–Crippen LogP) is 9.81. The molecule has 0 aliphatic heterocycles. The number of thioether (sulfide) groups is 1. The number of pyridine rings is 2. The molecule has 0 aromatic carbocycles. The van der Waals surface area contributed by atoms with Gasteiger partial charge in [0.2, 0.25) is 5.76 Å². The first-order chi connectivity index (χ1) is 35.7. The maximum absolute atomic E-state index is 15.9. The summed E-state index contributed by atoms with van der Waals surface area (Å²) in [5, 5.41) is 37.0. The van der Waals surface area contributed by atoms with Gasteiger partial charge in [-0.25, -0.2) is 18.4 Å². The third-order valence-corrected chi connectivity index (χ3v) is 15.7. The summed E-state index contributed by atoms with van der Waals surface area (Å²) in [6, 6.07) is 15.6. The maximum Gasteiger partial charge on any atom is 0.353 e. The minimum Gasteiger partial charge on any atom is -0.478 e. The average molecular weight is 1150 g/mol. The van der Waals surface area contributed by atoms with Crippen molar-refractivity contribution in [1.29, 1.82) is 0 Å². The molecule has 0 spiro atoms. The molecular formula is C47H37Cl2FN10O10S5. The molecule has 9 aromatic heterocycles.